The van der Waals surface area contributed by atoms with E-state index in [0.29, 0.717) is 18.4 Å². The van der Waals surface area contributed by atoms with Gasteiger partial charge in [-0.3, -0.25) is 0 Å². The third-order valence-electron chi connectivity index (χ3n) is 4.01. The van der Waals surface area contributed by atoms with Crippen molar-refractivity contribution in [2.75, 3.05) is 19.7 Å². The lowest BCUT2D eigenvalue weighted by atomic mass is 9.89. The van der Waals surface area contributed by atoms with E-state index in [0.717, 1.165) is 19.7 Å². The van der Waals surface area contributed by atoms with Crippen molar-refractivity contribution in [3.05, 3.63) is 71.8 Å². The first kappa shape index (κ1) is 13.3. The van der Waals surface area contributed by atoms with E-state index in [-0.39, 0.29) is 0 Å². The number of hydrogen-bond acceptors (Lipinski definition) is 2. The van der Waals surface area contributed by atoms with Gasteiger partial charge in [0.05, 0.1) is 13.2 Å². The molecule has 0 unspecified atom stereocenters. The molecule has 0 aliphatic carbocycles. The molecule has 1 aliphatic heterocycles. The number of benzene rings is 2. The van der Waals surface area contributed by atoms with Crippen LogP contribution in [-0.4, -0.2) is 19.7 Å². The van der Waals surface area contributed by atoms with Crippen LogP contribution in [0.1, 0.15) is 17.0 Å². The van der Waals surface area contributed by atoms with Gasteiger partial charge in [-0.2, -0.15) is 0 Å². The first-order valence-electron chi connectivity index (χ1n) is 7.31. The smallest absolute Gasteiger partial charge is 0.0717 e. The van der Waals surface area contributed by atoms with Gasteiger partial charge >= 0.3 is 0 Å². The van der Waals surface area contributed by atoms with Gasteiger partial charge in [-0.05, 0) is 11.1 Å². The van der Waals surface area contributed by atoms with Gasteiger partial charge in [-0.1, -0.05) is 60.7 Å². The first-order valence-corrected chi connectivity index (χ1v) is 7.31. The van der Waals surface area contributed by atoms with Crippen molar-refractivity contribution in [2.24, 2.45) is 5.92 Å². The van der Waals surface area contributed by atoms with Crippen molar-refractivity contribution in [3.63, 3.8) is 0 Å². The standard InChI is InChI=1S/C18H21NO/c1-3-7-15(8-4-1)13-20-14-17-11-19-12-18(17)16-9-5-2-6-10-16/h1-10,17-19H,11-14H2/t17-,18+/m1/s1. The minimum absolute atomic E-state index is 0.570. The quantitative estimate of drug-likeness (QED) is 0.898. The summed E-state index contributed by atoms with van der Waals surface area (Å²) in [4.78, 5) is 0. The summed E-state index contributed by atoms with van der Waals surface area (Å²) in [6, 6.07) is 21.1. The third kappa shape index (κ3) is 3.27. The molecule has 1 heterocycles. The highest BCUT2D eigenvalue weighted by Crippen LogP contribution is 2.28. The fourth-order valence-electron chi connectivity index (χ4n) is 2.90. The van der Waals surface area contributed by atoms with Crippen molar-refractivity contribution in [1.29, 1.82) is 0 Å². The fourth-order valence-corrected chi connectivity index (χ4v) is 2.90. The van der Waals surface area contributed by atoms with E-state index in [1.165, 1.54) is 11.1 Å². The van der Waals surface area contributed by atoms with Gasteiger partial charge < -0.3 is 10.1 Å². The monoisotopic (exact) mass is 267 g/mol. The van der Waals surface area contributed by atoms with E-state index in [1.54, 1.807) is 0 Å². The van der Waals surface area contributed by atoms with Crippen molar-refractivity contribution in [2.45, 2.75) is 12.5 Å². The Morgan fingerprint density at radius 3 is 2.35 bits per heavy atom. The molecule has 2 aromatic carbocycles. The van der Waals surface area contributed by atoms with Crippen LogP contribution < -0.4 is 5.32 Å². The van der Waals surface area contributed by atoms with Gasteiger partial charge in [0.15, 0.2) is 0 Å². The molecule has 0 bridgehead atoms. The van der Waals surface area contributed by atoms with E-state index in [2.05, 4.69) is 59.9 Å². The molecule has 0 spiro atoms. The van der Waals surface area contributed by atoms with Gasteiger partial charge in [-0.15, -0.1) is 0 Å². The Bertz CT molecular complexity index is 511. The highest BCUT2D eigenvalue weighted by molar-refractivity contribution is 5.22. The summed E-state index contributed by atoms with van der Waals surface area (Å²) in [7, 11) is 0. The van der Waals surface area contributed by atoms with Gasteiger partial charge in [-0.25, -0.2) is 0 Å². The molecule has 1 aliphatic rings. The second-order valence-corrected chi connectivity index (χ2v) is 5.44. The van der Waals surface area contributed by atoms with Crippen LogP contribution in [0.15, 0.2) is 60.7 Å². The van der Waals surface area contributed by atoms with Crippen LogP contribution >= 0.6 is 0 Å². The van der Waals surface area contributed by atoms with Crippen LogP contribution in [0.3, 0.4) is 0 Å². The van der Waals surface area contributed by atoms with Gasteiger partial charge in [0, 0.05) is 24.9 Å². The molecule has 1 N–H and O–H groups in total. The molecule has 2 nitrogen and oxygen atoms in total. The molecule has 20 heavy (non-hydrogen) atoms. The Labute approximate surface area is 120 Å². The Morgan fingerprint density at radius 2 is 1.60 bits per heavy atom. The van der Waals surface area contributed by atoms with Crippen LogP contribution in [0.25, 0.3) is 0 Å². The molecule has 3 rings (SSSR count). The summed E-state index contributed by atoms with van der Waals surface area (Å²) in [5, 5.41) is 3.49. The van der Waals surface area contributed by atoms with Crippen LogP contribution in [-0.2, 0) is 11.3 Å². The predicted octanol–water partition coefficient (Wildman–Crippen LogP) is 3.21. The maximum atomic E-state index is 5.92. The summed E-state index contributed by atoms with van der Waals surface area (Å²) in [6.45, 7) is 3.64. The minimum atomic E-state index is 0.570. The molecule has 2 heteroatoms. The number of ether oxygens (including phenoxy) is 1. The minimum Gasteiger partial charge on any atom is -0.376 e. The zero-order chi connectivity index (χ0) is 13.6. The van der Waals surface area contributed by atoms with E-state index < -0.39 is 0 Å². The van der Waals surface area contributed by atoms with Crippen LogP contribution in [0.4, 0.5) is 0 Å². The number of nitrogens with one attached hydrogen (secondary N) is 1. The largest absolute Gasteiger partial charge is 0.376 e. The molecule has 0 aromatic heterocycles. The Hall–Kier alpha value is -1.64. The molecular formula is C18H21NO. The number of hydrogen-bond donors (Lipinski definition) is 1. The lowest BCUT2D eigenvalue weighted by Gasteiger charge is -2.19. The lowest BCUT2D eigenvalue weighted by Crippen LogP contribution is -2.17. The van der Waals surface area contributed by atoms with E-state index in [9.17, 15) is 0 Å². The highest BCUT2D eigenvalue weighted by atomic mass is 16.5. The van der Waals surface area contributed by atoms with Crippen LogP contribution in [0.5, 0.6) is 0 Å². The Kier molecular flexibility index (Phi) is 4.46. The summed E-state index contributed by atoms with van der Waals surface area (Å²) < 4.78 is 5.92. The van der Waals surface area contributed by atoms with Crippen LogP contribution in [0.2, 0.25) is 0 Å². The Morgan fingerprint density at radius 1 is 0.900 bits per heavy atom. The third-order valence-corrected chi connectivity index (χ3v) is 4.01. The molecule has 1 saturated heterocycles. The molecule has 2 aromatic rings. The van der Waals surface area contributed by atoms with Crippen molar-refractivity contribution < 1.29 is 4.74 Å². The molecule has 0 amide bonds. The van der Waals surface area contributed by atoms with Crippen molar-refractivity contribution in [3.8, 4) is 0 Å². The predicted molar refractivity (Wildman–Crippen MR) is 81.6 cm³/mol. The topological polar surface area (TPSA) is 21.3 Å². The van der Waals surface area contributed by atoms with E-state index in [4.69, 9.17) is 4.74 Å². The maximum Gasteiger partial charge on any atom is 0.0717 e. The molecule has 104 valence electrons. The average Bonchev–Trinajstić information content (AvgIpc) is 2.98. The van der Waals surface area contributed by atoms with Gasteiger partial charge in [0.25, 0.3) is 0 Å². The molecule has 0 radical (unpaired) electrons. The molecular weight excluding hydrogens is 246 g/mol. The average molecular weight is 267 g/mol. The summed E-state index contributed by atoms with van der Waals surface area (Å²) in [5.74, 6) is 1.15. The molecule has 2 atom stereocenters. The van der Waals surface area contributed by atoms with E-state index >= 15 is 0 Å². The molecule has 1 fully saturated rings. The normalized spacial score (nSPS) is 22.0. The summed E-state index contributed by atoms with van der Waals surface area (Å²) in [5.41, 5.74) is 2.67. The SMILES string of the molecule is c1ccc(COC[C@H]2CNC[C@H]2c2ccccc2)cc1. The number of rotatable bonds is 5. The van der Waals surface area contributed by atoms with Crippen LogP contribution in [0, 0.1) is 5.92 Å². The van der Waals surface area contributed by atoms with Gasteiger partial charge in [0.2, 0.25) is 0 Å². The zero-order valence-electron chi connectivity index (χ0n) is 11.7. The fraction of sp³-hybridized carbons (Fsp3) is 0.333. The second-order valence-electron chi connectivity index (χ2n) is 5.44. The lowest BCUT2D eigenvalue weighted by molar-refractivity contribution is 0.0877. The second kappa shape index (κ2) is 6.69. The Balaban J connectivity index is 1.54. The van der Waals surface area contributed by atoms with Crippen molar-refractivity contribution >= 4 is 0 Å². The first-order chi connectivity index (χ1) is 9.93. The van der Waals surface area contributed by atoms with Crippen molar-refractivity contribution in [1.82, 2.24) is 5.32 Å². The van der Waals surface area contributed by atoms with Gasteiger partial charge in [0.1, 0.15) is 0 Å². The van der Waals surface area contributed by atoms with E-state index in [1.807, 2.05) is 6.07 Å². The maximum absolute atomic E-state index is 5.92. The molecule has 0 saturated carbocycles. The summed E-state index contributed by atoms with van der Waals surface area (Å²) in [6.07, 6.45) is 0. The zero-order valence-corrected chi connectivity index (χ0v) is 11.7. The summed E-state index contributed by atoms with van der Waals surface area (Å²) >= 11 is 0. The highest BCUT2D eigenvalue weighted by Gasteiger charge is 2.28.